The summed E-state index contributed by atoms with van der Waals surface area (Å²) in [6, 6.07) is 3.32. The first-order chi connectivity index (χ1) is 9.60. The fraction of sp³-hybridized carbons (Fsp3) is 0.533. The topological polar surface area (TPSA) is 55.8 Å². The molecule has 4 nitrogen and oxygen atoms in total. The van der Waals surface area contributed by atoms with Gasteiger partial charge in [-0.3, -0.25) is 4.79 Å². The van der Waals surface area contributed by atoms with Crippen molar-refractivity contribution in [3.63, 3.8) is 0 Å². The third kappa shape index (κ3) is 3.03. The average Bonchev–Trinajstić information content (AvgIpc) is 3.27. The van der Waals surface area contributed by atoms with E-state index < -0.39 is 12.6 Å². The first-order valence-corrected chi connectivity index (χ1v) is 6.63. The number of carboxylic acids is 1. The molecule has 2 rings (SSSR count). The number of rotatable bonds is 7. The smallest absolute Gasteiger partial charge is 0.303 e. The van der Waals surface area contributed by atoms with Crippen LogP contribution in [-0.2, 0) is 11.5 Å². The Balaban J connectivity index is 2.43. The van der Waals surface area contributed by atoms with Gasteiger partial charge in [0.1, 0.15) is 18.2 Å². The molecule has 0 spiro atoms. The Bertz CT molecular complexity index is 497. The van der Waals surface area contributed by atoms with E-state index in [9.17, 15) is 9.18 Å². The Hall–Kier alpha value is -1.78. The standard InChI is InChI=1S/C15H19FO4/c1-19-13-6-12(14(20-2)5-10(13)8-16)11(7-15(17)18)9-3-4-9/h5-6,9,11H,3-4,7-8H2,1-2H3,(H,17,18). The highest BCUT2D eigenvalue weighted by molar-refractivity contribution is 5.68. The summed E-state index contributed by atoms with van der Waals surface area (Å²) in [5.74, 6) is 0.402. The van der Waals surface area contributed by atoms with E-state index in [1.165, 1.54) is 14.2 Å². The highest BCUT2D eigenvalue weighted by Crippen LogP contribution is 2.48. The minimum atomic E-state index is -0.836. The molecular weight excluding hydrogens is 263 g/mol. The molecule has 110 valence electrons. The highest BCUT2D eigenvalue weighted by Gasteiger charge is 2.35. The van der Waals surface area contributed by atoms with Crippen LogP contribution in [0.25, 0.3) is 0 Å². The molecule has 0 amide bonds. The molecule has 1 N–H and O–H groups in total. The van der Waals surface area contributed by atoms with E-state index in [4.69, 9.17) is 14.6 Å². The van der Waals surface area contributed by atoms with Crippen LogP contribution in [0, 0.1) is 5.92 Å². The monoisotopic (exact) mass is 282 g/mol. The van der Waals surface area contributed by atoms with Crippen LogP contribution in [-0.4, -0.2) is 25.3 Å². The maximum atomic E-state index is 13.0. The average molecular weight is 282 g/mol. The van der Waals surface area contributed by atoms with Gasteiger partial charge in [0.05, 0.1) is 20.6 Å². The molecule has 0 saturated heterocycles. The minimum Gasteiger partial charge on any atom is -0.496 e. The molecular formula is C15H19FO4. The predicted octanol–water partition coefficient (Wildman–Crippen LogP) is 3.14. The number of alkyl halides is 1. The summed E-state index contributed by atoms with van der Waals surface area (Å²) in [6.45, 7) is -0.646. The third-order valence-corrected chi connectivity index (χ3v) is 3.76. The number of aliphatic carboxylic acids is 1. The molecule has 1 unspecified atom stereocenters. The molecule has 1 aliphatic carbocycles. The number of ether oxygens (including phenoxy) is 2. The lowest BCUT2D eigenvalue weighted by Crippen LogP contribution is -2.10. The molecule has 0 heterocycles. The molecule has 20 heavy (non-hydrogen) atoms. The van der Waals surface area contributed by atoms with Crippen LogP contribution in [0.5, 0.6) is 11.5 Å². The van der Waals surface area contributed by atoms with E-state index >= 15 is 0 Å². The molecule has 1 aromatic rings. The molecule has 1 fully saturated rings. The fourth-order valence-corrected chi connectivity index (χ4v) is 2.60. The summed E-state index contributed by atoms with van der Waals surface area (Å²) >= 11 is 0. The summed E-state index contributed by atoms with van der Waals surface area (Å²) in [5.41, 5.74) is 1.21. The first-order valence-electron chi connectivity index (χ1n) is 6.63. The lowest BCUT2D eigenvalue weighted by molar-refractivity contribution is -0.137. The van der Waals surface area contributed by atoms with Crippen molar-refractivity contribution in [1.29, 1.82) is 0 Å². The Morgan fingerprint density at radius 2 is 2.00 bits per heavy atom. The fourth-order valence-electron chi connectivity index (χ4n) is 2.60. The Labute approximate surface area is 117 Å². The maximum Gasteiger partial charge on any atom is 0.303 e. The van der Waals surface area contributed by atoms with E-state index in [0.29, 0.717) is 23.0 Å². The van der Waals surface area contributed by atoms with Crippen LogP contribution >= 0.6 is 0 Å². The van der Waals surface area contributed by atoms with Gasteiger partial charge < -0.3 is 14.6 Å². The molecule has 0 aliphatic heterocycles. The molecule has 1 saturated carbocycles. The Morgan fingerprint density at radius 3 is 2.45 bits per heavy atom. The second-order valence-corrected chi connectivity index (χ2v) is 5.08. The van der Waals surface area contributed by atoms with Gasteiger partial charge in [-0.2, -0.15) is 0 Å². The summed E-state index contributed by atoms with van der Waals surface area (Å²) in [5, 5.41) is 9.08. The van der Waals surface area contributed by atoms with Crippen molar-refractivity contribution in [2.45, 2.75) is 31.9 Å². The number of carboxylic acid groups (broad SMARTS) is 1. The van der Waals surface area contributed by atoms with Crippen LogP contribution in [0.15, 0.2) is 12.1 Å². The lowest BCUT2D eigenvalue weighted by atomic mass is 9.89. The molecule has 1 aromatic carbocycles. The molecule has 0 aromatic heterocycles. The van der Waals surface area contributed by atoms with Crippen LogP contribution in [0.4, 0.5) is 4.39 Å². The van der Waals surface area contributed by atoms with Crippen LogP contribution < -0.4 is 9.47 Å². The highest BCUT2D eigenvalue weighted by atomic mass is 19.1. The van der Waals surface area contributed by atoms with Gasteiger partial charge in [-0.15, -0.1) is 0 Å². The van der Waals surface area contributed by atoms with Crippen molar-refractivity contribution >= 4 is 5.97 Å². The molecule has 5 heteroatoms. The van der Waals surface area contributed by atoms with Crippen LogP contribution in [0.3, 0.4) is 0 Å². The van der Waals surface area contributed by atoms with E-state index in [1.54, 1.807) is 12.1 Å². The molecule has 0 bridgehead atoms. The summed E-state index contributed by atoms with van der Waals surface area (Å²) in [4.78, 5) is 11.1. The van der Waals surface area contributed by atoms with E-state index in [-0.39, 0.29) is 12.3 Å². The third-order valence-electron chi connectivity index (χ3n) is 3.76. The Kier molecular flexibility index (Phi) is 4.47. The minimum absolute atomic E-state index is 0.0547. The van der Waals surface area contributed by atoms with Crippen molar-refractivity contribution in [1.82, 2.24) is 0 Å². The molecule has 1 atom stereocenters. The largest absolute Gasteiger partial charge is 0.496 e. The number of hydrogen-bond donors (Lipinski definition) is 1. The quantitative estimate of drug-likeness (QED) is 0.834. The zero-order chi connectivity index (χ0) is 14.7. The van der Waals surface area contributed by atoms with Crippen molar-refractivity contribution in [3.8, 4) is 11.5 Å². The van der Waals surface area contributed by atoms with E-state index in [1.807, 2.05) is 0 Å². The number of hydrogen-bond acceptors (Lipinski definition) is 3. The number of methoxy groups -OCH3 is 2. The van der Waals surface area contributed by atoms with E-state index in [2.05, 4.69) is 0 Å². The lowest BCUT2D eigenvalue weighted by Gasteiger charge is -2.20. The number of benzene rings is 1. The summed E-state index contributed by atoms with van der Waals surface area (Å²) in [6.07, 6.45) is 2.10. The molecule has 0 radical (unpaired) electrons. The summed E-state index contributed by atoms with van der Waals surface area (Å²) in [7, 11) is 2.99. The van der Waals surface area contributed by atoms with Crippen molar-refractivity contribution in [3.05, 3.63) is 23.3 Å². The van der Waals surface area contributed by atoms with Gasteiger partial charge in [-0.1, -0.05) is 0 Å². The second kappa shape index (κ2) is 6.11. The van der Waals surface area contributed by atoms with Gasteiger partial charge in [0, 0.05) is 17.0 Å². The normalized spacial score (nSPS) is 15.8. The van der Waals surface area contributed by atoms with Gasteiger partial charge in [0.25, 0.3) is 0 Å². The van der Waals surface area contributed by atoms with Crippen LogP contribution in [0.1, 0.15) is 36.3 Å². The van der Waals surface area contributed by atoms with Crippen molar-refractivity contribution in [2.75, 3.05) is 14.2 Å². The van der Waals surface area contributed by atoms with Gasteiger partial charge in [-0.05, 0) is 30.9 Å². The number of halogens is 1. The van der Waals surface area contributed by atoms with Gasteiger partial charge in [0.15, 0.2) is 0 Å². The van der Waals surface area contributed by atoms with Crippen LogP contribution in [0.2, 0.25) is 0 Å². The maximum absolute atomic E-state index is 13.0. The zero-order valence-corrected chi connectivity index (χ0v) is 11.7. The first kappa shape index (κ1) is 14.6. The zero-order valence-electron chi connectivity index (χ0n) is 11.7. The van der Waals surface area contributed by atoms with Crippen molar-refractivity contribution < 1.29 is 23.8 Å². The van der Waals surface area contributed by atoms with Crippen molar-refractivity contribution in [2.24, 2.45) is 5.92 Å². The SMILES string of the molecule is COc1cc(C(CC(=O)O)C2CC2)c(OC)cc1CF. The molecule has 1 aliphatic rings. The van der Waals surface area contributed by atoms with Gasteiger partial charge >= 0.3 is 5.97 Å². The van der Waals surface area contributed by atoms with Gasteiger partial charge in [0.2, 0.25) is 0 Å². The summed E-state index contributed by atoms with van der Waals surface area (Å²) < 4.78 is 23.5. The second-order valence-electron chi connectivity index (χ2n) is 5.08. The van der Waals surface area contributed by atoms with E-state index in [0.717, 1.165) is 18.4 Å². The number of carbonyl (C=O) groups is 1. The predicted molar refractivity (Wildman–Crippen MR) is 72.1 cm³/mol. The van der Waals surface area contributed by atoms with Gasteiger partial charge in [-0.25, -0.2) is 4.39 Å². The Morgan fingerprint density at radius 1 is 1.35 bits per heavy atom.